The third-order valence-electron chi connectivity index (χ3n) is 2.66. The highest BCUT2D eigenvalue weighted by Crippen LogP contribution is 2.35. The number of carboxylic acid groups (broad SMARTS) is 2. The number of amides is 1. The van der Waals surface area contributed by atoms with E-state index in [1.807, 2.05) is 0 Å². The molecule has 22 heavy (non-hydrogen) atoms. The molecule has 0 radical (unpaired) electrons. The van der Waals surface area contributed by atoms with Gasteiger partial charge in [-0.25, -0.2) is 4.79 Å². The number of nitrogens with zero attached hydrogens (tertiary/aromatic N) is 1. The molecule has 0 aromatic carbocycles. The van der Waals surface area contributed by atoms with Crippen LogP contribution in [0.4, 0.5) is 0 Å². The van der Waals surface area contributed by atoms with Crippen LogP contribution in [0.1, 0.15) is 12.2 Å². The van der Waals surface area contributed by atoms with E-state index in [2.05, 4.69) is 15.9 Å². The SMILES string of the molecule is O=C(O)C[C@@H](C(=O)O)N1C(=O)/C(=C\c2ccc(Br)o2)SC1=S. The number of aliphatic carboxylic acids is 2. The summed E-state index contributed by atoms with van der Waals surface area (Å²) in [6.45, 7) is 0. The second kappa shape index (κ2) is 6.63. The Balaban J connectivity index is 2.29. The van der Waals surface area contributed by atoms with Crippen molar-refractivity contribution in [2.45, 2.75) is 12.5 Å². The van der Waals surface area contributed by atoms with Gasteiger partial charge < -0.3 is 14.6 Å². The maximum absolute atomic E-state index is 12.3. The molecule has 7 nitrogen and oxygen atoms in total. The molecule has 1 aliphatic heterocycles. The average molecular weight is 406 g/mol. The Kier molecular flexibility index (Phi) is 5.04. The van der Waals surface area contributed by atoms with Crippen molar-refractivity contribution in [1.82, 2.24) is 4.90 Å². The minimum Gasteiger partial charge on any atom is -0.481 e. The number of thiocarbonyl (C=S) groups is 1. The van der Waals surface area contributed by atoms with Gasteiger partial charge in [-0.15, -0.1) is 0 Å². The Bertz CT molecular complexity index is 698. The first kappa shape index (κ1) is 16.7. The Hall–Kier alpha value is -1.65. The monoisotopic (exact) mass is 405 g/mol. The third-order valence-corrected chi connectivity index (χ3v) is 4.41. The molecule has 1 aromatic rings. The van der Waals surface area contributed by atoms with Gasteiger partial charge >= 0.3 is 11.9 Å². The molecule has 0 bridgehead atoms. The number of furan rings is 1. The predicted octanol–water partition coefficient (Wildman–Crippen LogP) is 2.17. The third kappa shape index (κ3) is 3.57. The average Bonchev–Trinajstić information content (AvgIpc) is 2.92. The zero-order valence-electron chi connectivity index (χ0n) is 10.7. The van der Waals surface area contributed by atoms with Crippen LogP contribution in [0.15, 0.2) is 26.1 Å². The molecule has 0 spiro atoms. The molecule has 2 N–H and O–H groups in total. The van der Waals surface area contributed by atoms with Gasteiger partial charge in [0.05, 0.1) is 11.3 Å². The van der Waals surface area contributed by atoms with E-state index >= 15 is 0 Å². The van der Waals surface area contributed by atoms with Crippen molar-refractivity contribution in [2.75, 3.05) is 0 Å². The summed E-state index contributed by atoms with van der Waals surface area (Å²) in [5.41, 5.74) is 0. The lowest BCUT2D eigenvalue weighted by molar-refractivity contribution is -0.150. The zero-order valence-corrected chi connectivity index (χ0v) is 13.9. The Morgan fingerprint density at radius 3 is 2.64 bits per heavy atom. The molecule has 116 valence electrons. The van der Waals surface area contributed by atoms with Gasteiger partial charge in [0.15, 0.2) is 4.67 Å². The number of carbonyl (C=O) groups is 3. The van der Waals surface area contributed by atoms with Gasteiger partial charge in [0.25, 0.3) is 5.91 Å². The molecular formula is C12H8BrNO6S2. The van der Waals surface area contributed by atoms with Crippen LogP contribution in [0.25, 0.3) is 6.08 Å². The Morgan fingerprint density at radius 1 is 1.45 bits per heavy atom. The van der Waals surface area contributed by atoms with Crippen molar-refractivity contribution >= 4 is 68.2 Å². The van der Waals surface area contributed by atoms with E-state index in [1.165, 1.54) is 6.08 Å². The largest absolute Gasteiger partial charge is 0.481 e. The van der Waals surface area contributed by atoms with E-state index in [0.717, 1.165) is 16.7 Å². The first-order chi connectivity index (χ1) is 10.3. The van der Waals surface area contributed by atoms with Crippen LogP contribution < -0.4 is 0 Å². The Labute approximate surface area is 142 Å². The van der Waals surface area contributed by atoms with Gasteiger partial charge in [-0.1, -0.05) is 24.0 Å². The van der Waals surface area contributed by atoms with E-state index < -0.39 is 30.3 Å². The van der Waals surface area contributed by atoms with Gasteiger partial charge in [0.1, 0.15) is 16.1 Å². The molecule has 1 fully saturated rings. The van der Waals surface area contributed by atoms with E-state index in [1.54, 1.807) is 12.1 Å². The molecule has 1 aliphatic rings. The van der Waals surface area contributed by atoms with Crippen LogP contribution in [-0.4, -0.2) is 43.3 Å². The molecular weight excluding hydrogens is 398 g/mol. The second-order valence-corrected chi connectivity index (χ2v) is 6.60. The summed E-state index contributed by atoms with van der Waals surface area (Å²) in [5.74, 6) is -3.03. The molecule has 0 aliphatic carbocycles. The highest BCUT2D eigenvalue weighted by atomic mass is 79.9. The number of halogens is 1. The highest BCUT2D eigenvalue weighted by molar-refractivity contribution is 9.10. The van der Waals surface area contributed by atoms with Gasteiger partial charge in [-0.05, 0) is 28.1 Å². The molecule has 1 saturated heterocycles. The van der Waals surface area contributed by atoms with Gasteiger partial charge in [-0.3, -0.25) is 14.5 Å². The summed E-state index contributed by atoms with van der Waals surface area (Å²) < 4.78 is 5.71. The van der Waals surface area contributed by atoms with Crippen molar-refractivity contribution in [2.24, 2.45) is 0 Å². The highest BCUT2D eigenvalue weighted by Gasteiger charge is 2.41. The summed E-state index contributed by atoms with van der Waals surface area (Å²) >= 11 is 9.01. The van der Waals surface area contributed by atoms with E-state index in [9.17, 15) is 14.4 Å². The number of carbonyl (C=O) groups excluding carboxylic acids is 1. The second-order valence-electron chi connectivity index (χ2n) is 4.15. The molecule has 2 heterocycles. The molecule has 1 amide bonds. The standard InChI is InChI=1S/C12H8BrNO6S2/c13-8-2-1-5(20-8)3-7-10(17)14(12(21)22-7)6(11(18)19)4-9(15)16/h1-3,6H,4H2,(H,15,16)(H,18,19)/b7-3+/t6-/m0/s1. The van der Waals surface area contributed by atoms with Crippen molar-refractivity contribution in [3.8, 4) is 0 Å². The number of thioether (sulfide) groups is 1. The number of hydrogen-bond donors (Lipinski definition) is 2. The van der Waals surface area contributed by atoms with Gasteiger partial charge in [-0.2, -0.15) is 0 Å². The lowest BCUT2D eigenvalue weighted by Gasteiger charge is -2.21. The van der Waals surface area contributed by atoms with Crippen LogP contribution in [0, 0.1) is 0 Å². The van der Waals surface area contributed by atoms with Crippen molar-refractivity contribution in [3.63, 3.8) is 0 Å². The predicted molar refractivity (Wildman–Crippen MR) is 85.1 cm³/mol. The van der Waals surface area contributed by atoms with Crippen LogP contribution in [0.5, 0.6) is 0 Å². The summed E-state index contributed by atoms with van der Waals surface area (Å²) in [6.07, 6.45) is 0.686. The first-order valence-corrected chi connectivity index (χ1v) is 7.78. The fraction of sp³-hybridized carbons (Fsp3) is 0.167. The first-order valence-electron chi connectivity index (χ1n) is 5.76. The van der Waals surface area contributed by atoms with Crippen LogP contribution in [0.2, 0.25) is 0 Å². The van der Waals surface area contributed by atoms with E-state index in [-0.39, 0.29) is 9.23 Å². The Morgan fingerprint density at radius 2 is 2.14 bits per heavy atom. The topological polar surface area (TPSA) is 108 Å². The molecule has 0 saturated carbocycles. The van der Waals surface area contributed by atoms with Gasteiger partial charge in [0.2, 0.25) is 0 Å². The number of carboxylic acids is 2. The normalized spacial score (nSPS) is 18.0. The quantitative estimate of drug-likeness (QED) is 0.566. The fourth-order valence-corrected chi connectivity index (χ4v) is 3.39. The maximum atomic E-state index is 12.3. The van der Waals surface area contributed by atoms with Gasteiger partial charge in [0, 0.05) is 6.08 Å². The number of hydrogen-bond acceptors (Lipinski definition) is 6. The smallest absolute Gasteiger partial charge is 0.327 e. The van der Waals surface area contributed by atoms with Crippen LogP contribution in [0.3, 0.4) is 0 Å². The minimum atomic E-state index is -1.54. The van der Waals surface area contributed by atoms with Crippen LogP contribution in [-0.2, 0) is 14.4 Å². The van der Waals surface area contributed by atoms with E-state index in [0.29, 0.717) is 10.4 Å². The van der Waals surface area contributed by atoms with Crippen molar-refractivity contribution in [3.05, 3.63) is 27.5 Å². The molecule has 10 heteroatoms. The summed E-state index contributed by atoms with van der Waals surface area (Å²) in [5, 5.41) is 17.9. The minimum absolute atomic E-state index is 0.00415. The lowest BCUT2D eigenvalue weighted by Crippen LogP contribution is -2.45. The summed E-state index contributed by atoms with van der Waals surface area (Å²) in [7, 11) is 0. The molecule has 2 rings (SSSR count). The molecule has 1 aromatic heterocycles. The summed E-state index contributed by atoms with van der Waals surface area (Å²) in [4.78, 5) is 35.3. The fourth-order valence-electron chi connectivity index (χ4n) is 1.74. The number of rotatable bonds is 5. The summed E-state index contributed by atoms with van der Waals surface area (Å²) in [6, 6.07) is 1.71. The molecule has 0 unspecified atom stereocenters. The van der Waals surface area contributed by atoms with Crippen LogP contribution >= 0.6 is 39.9 Å². The maximum Gasteiger partial charge on any atom is 0.327 e. The lowest BCUT2D eigenvalue weighted by atomic mass is 10.2. The molecule has 1 atom stereocenters. The zero-order chi connectivity index (χ0) is 16.4. The van der Waals surface area contributed by atoms with E-state index in [4.69, 9.17) is 26.8 Å². The van der Waals surface area contributed by atoms with Crippen molar-refractivity contribution in [1.29, 1.82) is 0 Å². The van der Waals surface area contributed by atoms with Crippen molar-refractivity contribution < 1.29 is 29.0 Å².